The third-order valence-electron chi connectivity index (χ3n) is 3.11. The van der Waals surface area contributed by atoms with E-state index in [2.05, 4.69) is 40.3 Å². The molecular formula is C13H15N3OS. The third kappa shape index (κ3) is 2.26. The quantitative estimate of drug-likeness (QED) is 0.887. The first-order valence-electron chi connectivity index (χ1n) is 6.07. The number of rotatable bonds is 4. The number of thiophene rings is 1. The van der Waals surface area contributed by atoms with E-state index in [9.17, 15) is 4.79 Å². The number of urea groups is 1. The second-order valence-corrected chi connectivity index (χ2v) is 5.27. The molecule has 1 aromatic heterocycles. The standard InChI is InChI=1S/C13H15N3OS/c17-13-15-5-7-16(13)6-4-14-11-1-2-12-10(9-11)3-8-18-12/h1-3,8-9,14H,4-7H2,(H,15,17). The zero-order valence-corrected chi connectivity index (χ0v) is 10.8. The van der Waals surface area contributed by atoms with Gasteiger partial charge in [-0.15, -0.1) is 11.3 Å². The summed E-state index contributed by atoms with van der Waals surface area (Å²) in [5, 5.41) is 9.52. The number of hydrogen-bond donors (Lipinski definition) is 2. The van der Waals surface area contributed by atoms with Crippen molar-refractivity contribution in [2.45, 2.75) is 0 Å². The summed E-state index contributed by atoms with van der Waals surface area (Å²) in [5.74, 6) is 0. The minimum absolute atomic E-state index is 0.0464. The predicted molar refractivity (Wildman–Crippen MR) is 75.3 cm³/mol. The van der Waals surface area contributed by atoms with Crippen LogP contribution in [0.4, 0.5) is 10.5 Å². The molecule has 5 heteroatoms. The highest BCUT2D eigenvalue weighted by Crippen LogP contribution is 2.23. The van der Waals surface area contributed by atoms with Crippen LogP contribution >= 0.6 is 11.3 Å². The molecule has 1 aliphatic heterocycles. The maximum atomic E-state index is 11.3. The number of carbonyl (C=O) groups excluding carboxylic acids is 1. The van der Waals surface area contributed by atoms with Crippen LogP contribution in [0, 0.1) is 0 Å². The molecule has 2 N–H and O–H groups in total. The molecule has 2 aromatic rings. The second-order valence-electron chi connectivity index (χ2n) is 4.32. The summed E-state index contributed by atoms with van der Waals surface area (Å²) in [4.78, 5) is 13.2. The van der Waals surface area contributed by atoms with Gasteiger partial charge in [0.2, 0.25) is 0 Å². The van der Waals surface area contributed by atoms with Gasteiger partial charge in [0.1, 0.15) is 0 Å². The number of benzene rings is 1. The number of nitrogens with zero attached hydrogens (tertiary/aromatic N) is 1. The van der Waals surface area contributed by atoms with Gasteiger partial charge in [-0.2, -0.15) is 0 Å². The van der Waals surface area contributed by atoms with Crippen molar-refractivity contribution in [2.75, 3.05) is 31.5 Å². The second kappa shape index (κ2) is 4.86. The van der Waals surface area contributed by atoms with Crippen LogP contribution in [0.15, 0.2) is 29.6 Å². The van der Waals surface area contributed by atoms with Gasteiger partial charge in [0.25, 0.3) is 0 Å². The molecule has 1 saturated heterocycles. The monoisotopic (exact) mass is 261 g/mol. The zero-order chi connectivity index (χ0) is 12.4. The van der Waals surface area contributed by atoms with Crippen molar-refractivity contribution in [2.24, 2.45) is 0 Å². The minimum atomic E-state index is 0.0464. The van der Waals surface area contributed by atoms with Crippen molar-refractivity contribution in [3.8, 4) is 0 Å². The van der Waals surface area contributed by atoms with Gasteiger partial charge < -0.3 is 15.5 Å². The van der Waals surface area contributed by atoms with Crippen LogP contribution in [0.2, 0.25) is 0 Å². The van der Waals surface area contributed by atoms with Crippen LogP contribution < -0.4 is 10.6 Å². The van der Waals surface area contributed by atoms with Crippen molar-refractivity contribution >= 4 is 33.1 Å². The highest BCUT2D eigenvalue weighted by Gasteiger charge is 2.18. The highest BCUT2D eigenvalue weighted by molar-refractivity contribution is 7.17. The Balaban J connectivity index is 1.57. The summed E-state index contributed by atoms with van der Waals surface area (Å²) in [6.07, 6.45) is 0. The molecule has 0 bridgehead atoms. The SMILES string of the molecule is O=C1NCCN1CCNc1ccc2sccc2c1. The fraction of sp³-hybridized carbons (Fsp3) is 0.308. The largest absolute Gasteiger partial charge is 0.383 e. The molecular weight excluding hydrogens is 246 g/mol. The van der Waals surface area contributed by atoms with E-state index in [4.69, 9.17) is 0 Å². The molecule has 0 saturated carbocycles. The molecule has 0 aliphatic carbocycles. The van der Waals surface area contributed by atoms with Gasteiger partial charge >= 0.3 is 6.03 Å². The maximum absolute atomic E-state index is 11.3. The number of hydrogen-bond acceptors (Lipinski definition) is 3. The average molecular weight is 261 g/mol. The molecule has 0 radical (unpaired) electrons. The van der Waals surface area contributed by atoms with Crippen molar-refractivity contribution < 1.29 is 4.79 Å². The van der Waals surface area contributed by atoms with Crippen LogP contribution in [0.25, 0.3) is 10.1 Å². The van der Waals surface area contributed by atoms with Gasteiger partial charge in [0.05, 0.1) is 0 Å². The lowest BCUT2D eigenvalue weighted by Crippen LogP contribution is -2.32. The van der Waals surface area contributed by atoms with Gasteiger partial charge in [-0.3, -0.25) is 0 Å². The number of anilines is 1. The average Bonchev–Trinajstić information content (AvgIpc) is 2.98. The molecule has 4 nitrogen and oxygen atoms in total. The van der Waals surface area contributed by atoms with E-state index in [0.717, 1.165) is 31.9 Å². The lowest BCUT2D eigenvalue weighted by Gasteiger charge is -2.14. The smallest absolute Gasteiger partial charge is 0.317 e. The van der Waals surface area contributed by atoms with Crippen LogP contribution in [-0.4, -0.2) is 37.1 Å². The van der Waals surface area contributed by atoms with Crippen LogP contribution in [0.5, 0.6) is 0 Å². The molecule has 1 fully saturated rings. The molecule has 1 aromatic carbocycles. The Bertz CT molecular complexity index is 566. The molecule has 0 unspecified atom stereocenters. The summed E-state index contributed by atoms with van der Waals surface area (Å²) >= 11 is 1.75. The first kappa shape index (κ1) is 11.3. The predicted octanol–water partition coefficient (Wildman–Crippen LogP) is 2.34. The Labute approximate surface area is 110 Å². The summed E-state index contributed by atoms with van der Waals surface area (Å²) in [5.41, 5.74) is 1.11. The number of fused-ring (bicyclic) bond motifs is 1. The molecule has 18 heavy (non-hydrogen) atoms. The van der Waals surface area contributed by atoms with Crippen LogP contribution in [0.1, 0.15) is 0 Å². The lowest BCUT2D eigenvalue weighted by atomic mass is 10.2. The zero-order valence-electron chi connectivity index (χ0n) is 9.98. The molecule has 2 amide bonds. The highest BCUT2D eigenvalue weighted by atomic mass is 32.1. The normalized spacial score (nSPS) is 15.1. The van der Waals surface area contributed by atoms with E-state index in [1.165, 1.54) is 10.1 Å². The Kier molecular flexibility index (Phi) is 3.06. The van der Waals surface area contributed by atoms with E-state index in [-0.39, 0.29) is 6.03 Å². The summed E-state index contributed by atoms with van der Waals surface area (Å²) in [6, 6.07) is 8.54. The van der Waals surface area contributed by atoms with E-state index in [0.29, 0.717) is 0 Å². The lowest BCUT2D eigenvalue weighted by molar-refractivity contribution is 0.219. The van der Waals surface area contributed by atoms with Crippen LogP contribution in [0.3, 0.4) is 0 Å². The van der Waals surface area contributed by atoms with E-state index < -0.39 is 0 Å². The Morgan fingerprint density at radius 1 is 1.39 bits per heavy atom. The number of nitrogens with one attached hydrogen (secondary N) is 2. The third-order valence-corrected chi connectivity index (χ3v) is 4.01. The molecule has 2 heterocycles. The fourth-order valence-corrected chi connectivity index (χ4v) is 2.91. The molecule has 3 rings (SSSR count). The summed E-state index contributed by atoms with van der Waals surface area (Å²) in [6.45, 7) is 3.10. The van der Waals surface area contributed by atoms with Gasteiger partial charge in [-0.25, -0.2) is 4.79 Å². The first-order valence-corrected chi connectivity index (χ1v) is 6.95. The molecule has 1 aliphatic rings. The summed E-state index contributed by atoms with van der Waals surface area (Å²) < 4.78 is 1.31. The fourth-order valence-electron chi connectivity index (χ4n) is 2.14. The topological polar surface area (TPSA) is 44.4 Å². The number of amides is 2. The molecule has 0 spiro atoms. The van der Waals surface area contributed by atoms with Crippen molar-refractivity contribution in [3.05, 3.63) is 29.6 Å². The Morgan fingerprint density at radius 3 is 3.17 bits per heavy atom. The number of carbonyl (C=O) groups is 1. The van der Waals surface area contributed by atoms with Crippen LogP contribution in [-0.2, 0) is 0 Å². The maximum Gasteiger partial charge on any atom is 0.317 e. The van der Waals surface area contributed by atoms with Crippen molar-refractivity contribution in [1.29, 1.82) is 0 Å². The van der Waals surface area contributed by atoms with E-state index in [1.54, 1.807) is 11.3 Å². The van der Waals surface area contributed by atoms with Gasteiger partial charge in [0.15, 0.2) is 0 Å². The van der Waals surface area contributed by atoms with Gasteiger partial charge in [-0.1, -0.05) is 0 Å². The van der Waals surface area contributed by atoms with Gasteiger partial charge in [0, 0.05) is 36.6 Å². The van der Waals surface area contributed by atoms with Crippen molar-refractivity contribution in [1.82, 2.24) is 10.2 Å². The van der Waals surface area contributed by atoms with Crippen molar-refractivity contribution in [3.63, 3.8) is 0 Å². The minimum Gasteiger partial charge on any atom is -0.383 e. The van der Waals surface area contributed by atoms with Gasteiger partial charge in [-0.05, 0) is 35.0 Å². The Hall–Kier alpha value is -1.75. The van der Waals surface area contributed by atoms with E-state index in [1.807, 2.05) is 4.90 Å². The molecule has 0 atom stereocenters. The Morgan fingerprint density at radius 2 is 2.33 bits per heavy atom. The van der Waals surface area contributed by atoms with E-state index >= 15 is 0 Å². The molecule has 94 valence electrons. The first-order chi connectivity index (χ1) is 8.83. The summed E-state index contributed by atoms with van der Waals surface area (Å²) in [7, 11) is 0.